The highest BCUT2D eigenvalue weighted by molar-refractivity contribution is 6.06. The van der Waals surface area contributed by atoms with Gasteiger partial charge in [-0.1, -0.05) is 6.07 Å². The van der Waals surface area contributed by atoms with Gasteiger partial charge in [-0.15, -0.1) is 5.10 Å². The highest BCUT2D eigenvalue weighted by Crippen LogP contribution is 2.28. The van der Waals surface area contributed by atoms with Crippen molar-refractivity contribution >= 4 is 11.5 Å². The number of halogens is 1. The molecule has 0 aliphatic heterocycles. The van der Waals surface area contributed by atoms with Crippen molar-refractivity contribution in [3.05, 3.63) is 71.9 Å². The van der Waals surface area contributed by atoms with Crippen LogP contribution in [-0.4, -0.2) is 25.4 Å². The van der Waals surface area contributed by atoms with Crippen LogP contribution in [0.1, 0.15) is 11.3 Å². The summed E-state index contributed by atoms with van der Waals surface area (Å²) in [4.78, 5) is 8.71. The lowest BCUT2D eigenvalue weighted by Crippen LogP contribution is -2.15. The summed E-state index contributed by atoms with van der Waals surface area (Å²) in [6.07, 6.45) is 3.40. The number of nitrogens with two attached hydrogens (primary N) is 1. The third-order valence-corrected chi connectivity index (χ3v) is 4.13. The van der Waals surface area contributed by atoms with Gasteiger partial charge >= 0.3 is 0 Å². The minimum absolute atomic E-state index is 0.105. The average Bonchev–Trinajstić information content (AvgIpc) is 3.08. The smallest absolute Gasteiger partial charge is 0.182 e. The molecule has 0 saturated heterocycles. The fourth-order valence-corrected chi connectivity index (χ4v) is 2.92. The van der Waals surface area contributed by atoms with Crippen molar-refractivity contribution in [1.82, 2.24) is 19.6 Å². The molecule has 3 aromatic heterocycles. The lowest BCUT2D eigenvalue weighted by atomic mass is 10.0. The second kappa shape index (κ2) is 6.03. The van der Waals surface area contributed by atoms with Crippen LogP contribution in [0.5, 0.6) is 0 Å². The molecule has 4 aromatic rings. The molecule has 0 saturated carbocycles. The van der Waals surface area contributed by atoms with E-state index < -0.39 is 0 Å². The van der Waals surface area contributed by atoms with Gasteiger partial charge in [0.05, 0.1) is 5.56 Å². The van der Waals surface area contributed by atoms with Crippen LogP contribution in [0.15, 0.2) is 54.9 Å². The predicted molar refractivity (Wildman–Crippen MR) is 97.4 cm³/mol. The van der Waals surface area contributed by atoms with Gasteiger partial charge < -0.3 is 5.73 Å². The van der Waals surface area contributed by atoms with Gasteiger partial charge in [-0.2, -0.15) is 0 Å². The van der Waals surface area contributed by atoms with E-state index in [0.29, 0.717) is 22.6 Å². The molecule has 0 fully saturated rings. The first-order valence-electron chi connectivity index (χ1n) is 7.95. The predicted octanol–water partition coefficient (Wildman–Crippen LogP) is 3.19. The Hall–Kier alpha value is -3.61. The van der Waals surface area contributed by atoms with Crippen LogP contribution in [0.25, 0.3) is 28.2 Å². The number of aryl methyl sites for hydroxylation is 1. The second-order valence-electron chi connectivity index (χ2n) is 5.91. The van der Waals surface area contributed by atoms with Crippen molar-refractivity contribution in [2.24, 2.45) is 5.73 Å². The van der Waals surface area contributed by atoms with E-state index in [9.17, 15) is 4.39 Å². The summed E-state index contributed by atoms with van der Waals surface area (Å²) in [6, 6.07) is 11.6. The molecule has 1 aromatic carbocycles. The number of fused-ring (bicyclic) bond motifs is 1. The fraction of sp³-hybridized carbons (Fsp3) is 0.0526. The zero-order valence-electron chi connectivity index (χ0n) is 13.9. The molecule has 0 amide bonds. The first kappa shape index (κ1) is 15.9. The highest BCUT2D eigenvalue weighted by Gasteiger charge is 2.19. The minimum Gasteiger partial charge on any atom is -0.384 e. The molecule has 0 aliphatic carbocycles. The molecule has 0 radical (unpaired) electrons. The van der Waals surface area contributed by atoms with Gasteiger partial charge in [0.1, 0.15) is 11.7 Å². The third-order valence-electron chi connectivity index (χ3n) is 4.13. The van der Waals surface area contributed by atoms with Crippen LogP contribution in [0, 0.1) is 18.2 Å². The summed E-state index contributed by atoms with van der Waals surface area (Å²) in [5.74, 6) is 0.0165. The van der Waals surface area contributed by atoms with Crippen LogP contribution < -0.4 is 5.73 Å². The van der Waals surface area contributed by atoms with E-state index in [4.69, 9.17) is 11.1 Å². The van der Waals surface area contributed by atoms with Crippen molar-refractivity contribution in [2.75, 3.05) is 0 Å². The molecule has 4 rings (SSSR count). The van der Waals surface area contributed by atoms with Crippen LogP contribution in [-0.2, 0) is 0 Å². The summed E-state index contributed by atoms with van der Waals surface area (Å²) < 4.78 is 14.8. The molecule has 0 spiro atoms. The van der Waals surface area contributed by atoms with Crippen molar-refractivity contribution in [3.8, 4) is 22.5 Å². The highest BCUT2D eigenvalue weighted by atomic mass is 19.1. The zero-order valence-corrected chi connectivity index (χ0v) is 13.9. The van der Waals surface area contributed by atoms with Crippen LogP contribution in [0.4, 0.5) is 4.39 Å². The minimum atomic E-state index is -0.322. The van der Waals surface area contributed by atoms with Crippen molar-refractivity contribution < 1.29 is 4.39 Å². The van der Waals surface area contributed by atoms with E-state index in [1.807, 2.05) is 25.1 Å². The van der Waals surface area contributed by atoms with E-state index in [1.54, 1.807) is 29.0 Å². The molecule has 0 unspecified atom stereocenters. The van der Waals surface area contributed by atoms with Gasteiger partial charge in [-0.25, -0.2) is 13.9 Å². The first-order chi connectivity index (χ1) is 12.5. The van der Waals surface area contributed by atoms with E-state index in [2.05, 4.69) is 15.1 Å². The van der Waals surface area contributed by atoms with Gasteiger partial charge in [0.15, 0.2) is 11.5 Å². The molecule has 26 heavy (non-hydrogen) atoms. The van der Waals surface area contributed by atoms with Gasteiger partial charge in [-0.3, -0.25) is 10.4 Å². The molecule has 6 nitrogen and oxygen atoms in total. The van der Waals surface area contributed by atoms with E-state index in [-0.39, 0.29) is 11.7 Å². The number of rotatable bonds is 3. The number of pyridine rings is 2. The Bertz CT molecular complexity index is 1120. The number of nitrogens with one attached hydrogen (secondary N) is 1. The number of nitrogen functional groups attached to an aromatic ring is 1. The van der Waals surface area contributed by atoms with Crippen molar-refractivity contribution in [1.29, 1.82) is 5.41 Å². The summed E-state index contributed by atoms with van der Waals surface area (Å²) in [5, 5.41) is 12.6. The number of benzene rings is 1. The molecule has 0 bridgehead atoms. The average molecular weight is 346 g/mol. The standard InChI is InChI=1S/C19H15FN6/c1-11-9-15(13-3-2-8-23-10-13)16(17(21)22)19-24-18(25-26(11)19)12-4-6-14(20)7-5-12/h2-10H,1H3,(H3,21,22). The number of aromatic nitrogens is 4. The van der Waals surface area contributed by atoms with Crippen LogP contribution in [0.2, 0.25) is 0 Å². The quantitative estimate of drug-likeness (QED) is 0.440. The van der Waals surface area contributed by atoms with E-state index >= 15 is 0 Å². The molecule has 0 aliphatic rings. The number of hydrogen-bond donors (Lipinski definition) is 2. The molecular formula is C19H15FN6. The first-order valence-corrected chi connectivity index (χ1v) is 7.95. The van der Waals surface area contributed by atoms with Crippen LogP contribution >= 0.6 is 0 Å². The largest absolute Gasteiger partial charge is 0.384 e. The number of nitrogens with zero attached hydrogens (tertiary/aromatic N) is 4. The summed E-state index contributed by atoms with van der Waals surface area (Å²) >= 11 is 0. The van der Waals surface area contributed by atoms with E-state index in [1.165, 1.54) is 12.1 Å². The maximum absolute atomic E-state index is 13.2. The Kier molecular flexibility index (Phi) is 3.69. The van der Waals surface area contributed by atoms with Crippen LogP contribution in [0.3, 0.4) is 0 Å². The number of amidine groups is 1. The third kappa shape index (κ3) is 2.59. The van der Waals surface area contributed by atoms with Crippen molar-refractivity contribution in [3.63, 3.8) is 0 Å². The molecule has 3 heterocycles. The van der Waals surface area contributed by atoms with E-state index in [0.717, 1.165) is 16.8 Å². The van der Waals surface area contributed by atoms with Gasteiger partial charge in [0.2, 0.25) is 0 Å². The Morgan fingerprint density at radius 2 is 1.92 bits per heavy atom. The van der Waals surface area contributed by atoms with Gasteiger partial charge in [-0.05, 0) is 48.9 Å². The van der Waals surface area contributed by atoms with Gasteiger partial charge in [0.25, 0.3) is 0 Å². The molecule has 128 valence electrons. The maximum atomic E-state index is 13.2. The normalized spacial score (nSPS) is 11.0. The Morgan fingerprint density at radius 1 is 1.15 bits per heavy atom. The molecule has 0 atom stereocenters. The lowest BCUT2D eigenvalue weighted by molar-refractivity contribution is 0.628. The second-order valence-corrected chi connectivity index (χ2v) is 5.91. The Balaban J connectivity index is 2.00. The Labute approximate surface area is 148 Å². The SMILES string of the molecule is Cc1cc(-c2cccnc2)c(C(=N)N)c2nc(-c3ccc(F)cc3)nn12. The van der Waals surface area contributed by atoms with Gasteiger partial charge in [0, 0.05) is 29.2 Å². The maximum Gasteiger partial charge on any atom is 0.182 e. The molecule has 7 heteroatoms. The van der Waals surface area contributed by atoms with Crippen molar-refractivity contribution in [2.45, 2.75) is 6.92 Å². The fourth-order valence-electron chi connectivity index (χ4n) is 2.92. The number of hydrogen-bond acceptors (Lipinski definition) is 4. The monoisotopic (exact) mass is 346 g/mol. The summed E-state index contributed by atoms with van der Waals surface area (Å²) in [7, 11) is 0. The lowest BCUT2D eigenvalue weighted by Gasteiger charge is -2.11. The topological polar surface area (TPSA) is 93.0 Å². The summed E-state index contributed by atoms with van der Waals surface area (Å²) in [5.41, 5.74) is 9.98. The molecule has 3 N–H and O–H groups in total. The molecular weight excluding hydrogens is 331 g/mol. The summed E-state index contributed by atoms with van der Waals surface area (Å²) in [6.45, 7) is 1.90. The zero-order chi connectivity index (χ0) is 18.3. The Morgan fingerprint density at radius 3 is 2.58 bits per heavy atom.